The summed E-state index contributed by atoms with van der Waals surface area (Å²) in [4.78, 5) is 0. The van der Waals surface area contributed by atoms with Gasteiger partial charge in [-0.05, 0) is 13.0 Å². The molecule has 0 N–H and O–H groups in total. The monoisotopic (exact) mass is 228 g/mol. The van der Waals surface area contributed by atoms with Crippen LogP contribution in [0.2, 0.25) is 0 Å². The van der Waals surface area contributed by atoms with Crippen molar-refractivity contribution in [2.45, 2.75) is 17.8 Å². The van der Waals surface area contributed by atoms with E-state index in [0.29, 0.717) is 0 Å². The molecule has 0 aromatic rings. The molecular weight excluding hydrogens is 222 g/mol. The van der Waals surface area contributed by atoms with Gasteiger partial charge in [0.25, 0.3) is 0 Å². The minimum Gasteiger partial charge on any atom is -0.235 e. The first-order chi connectivity index (χ1) is 5.76. The van der Waals surface area contributed by atoms with E-state index < -0.39 is 25.8 Å². The molecule has 2 nitrogen and oxygen atoms in total. The van der Waals surface area contributed by atoms with E-state index in [4.69, 9.17) is 10.7 Å². The molecule has 0 aliphatic heterocycles. The summed E-state index contributed by atoms with van der Waals surface area (Å²) in [6, 6.07) is 0. The Labute approximate surface area is 79.3 Å². The fourth-order valence-electron chi connectivity index (χ4n) is 1.08. The lowest BCUT2D eigenvalue weighted by Crippen LogP contribution is -2.39. The third kappa shape index (κ3) is 1.91. The number of hydrogen-bond donors (Lipinski definition) is 0. The highest BCUT2D eigenvalue weighted by Crippen LogP contribution is 2.35. The van der Waals surface area contributed by atoms with Gasteiger partial charge in [-0.2, -0.15) is 0 Å². The van der Waals surface area contributed by atoms with Crippen molar-refractivity contribution in [3.8, 4) is 0 Å². The standard InChI is InChI=1S/C7H7ClF2O2S/c1-7(10)5(9)3-2-4-6(7)13(8,11)12/h2-4,6H,1H3. The smallest absolute Gasteiger partial charge is 0.235 e. The summed E-state index contributed by atoms with van der Waals surface area (Å²) in [6.45, 7) is 0.840. The lowest BCUT2D eigenvalue weighted by molar-refractivity contribution is 0.202. The SMILES string of the molecule is CC1(F)C(F)=CC=CC1S(=O)(=O)Cl. The van der Waals surface area contributed by atoms with E-state index in [1.54, 1.807) is 0 Å². The zero-order valence-electron chi connectivity index (χ0n) is 6.67. The van der Waals surface area contributed by atoms with Crippen LogP contribution in [0.4, 0.5) is 8.78 Å². The third-order valence-electron chi connectivity index (χ3n) is 1.83. The summed E-state index contributed by atoms with van der Waals surface area (Å²) in [5, 5.41) is -1.66. The van der Waals surface area contributed by atoms with Crippen LogP contribution in [0.5, 0.6) is 0 Å². The molecule has 0 fully saturated rings. The lowest BCUT2D eigenvalue weighted by Gasteiger charge is -2.26. The van der Waals surface area contributed by atoms with Gasteiger partial charge in [0.05, 0.1) is 0 Å². The molecule has 13 heavy (non-hydrogen) atoms. The average molecular weight is 229 g/mol. The van der Waals surface area contributed by atoms with Crippen molar-refractivity contribution >= 4 is 19.7 Å². The van der Waals surface area contributed by atoms with Crippen LogP contribution in [0.15, 0.2) is 24.1 Å². The molecule has 74 valence electrons. The molecule has 0 radical (unpaired) electrons. The maximum atomic E-state index is 13.5. The number of allylic oxidation sites excluding steroid dienone is 3. The van der Waals surface area contributed by atoms with Gasteiger partial charge in [0.1, 0.15) is 11.1 Å². The normalized spacial score (nSPS) is 34.5. The number of alkyl halides is 1. The molecule has 0 aromatic carbocycles. The van der Waals surface area contributed by atoms with Crippen molar-refractivity contribution in [2.75, 3.05) is 0 Å². The minimum atomic E-state index is -4.14. The van der Waals surface area contributed by atoms with Crippen LogP contribution in [0.25, 0.3) is 0 Å². The topological polar surface area (TPSA) is 34.1 Å². The first-order valence-electron chi connectivity index (χ1n) is 3.43. The highest BCUT2D eigenvalue weighted by atomic mass is 35.7. The van der Waals surface area contributed by atoms with E-state index in [9.17, 15) is 17.2 Å². The summed E-state index contributed by atoms with van der Waals surface area (Å²) in [7, 11) is 0.812. The van der Waals surface area contributed by atoms with Gasteiger partial charge in [0.15, 0.2) is 5.67 Å². The lowest BCUT2D eigenvalue weighted by atomic mass is 9.98. The van der Waals surface area contributed by atoms with Crippen LogP contribution < -0.4 is 0 Å². The van der Waals surface area contributed by atoms with Crippen LogP contribution in [-0.2, 0) is 9.05 Å². The summed E-state index contributed by atoms with van der Waals surface area (Å²) in [5.41, 5.74) is -2.57. The highest BCUT2D eigenvalue weighted by Gasteiger charge is 2.45. The number of rotatable bonds is 1. The highest BCUT2D eigenvalue weighted by molar-refractivity contribution is 8.14. The molecule has 2 unspecified atom stereocenters. The fraction of sp³-hybridized carbons (Fsp3) is 0.429. The van der Waals surface area contributed by atoms with Crippen molar-refractivity contribution in [1.29, 1.82) is 0 Å². The van der Waals surface area contributed by atoms with E-state index in [1.807, 2.05) is 0 Å². The average Bonchev–Trinajstić information content (AvgIpc) is 1.92. The van der Waals surface area contributed by atoms with Crippen LogP contribution in [-0.4, -0.2) is 19.3 Å². The molecule has 0 saturated carbocycles. The molecule has 1 aliphatic carbocycles. The molecule has 0 bridgehead atoms. The predicted octanol–water partition coefficient (Wildman–Crippen LogP) is 2.08. The Kier molecular flexibility index (Phi) is 2.51. The van der Waals surface area contributed by atoms with E-state index in [2.05, 4.69) is 0 Å². The van der Waals surface area contributed by atoms with Crippen molar-refractivity contribution in [3.05, 3.63) is 24.1 Å². The van der Waals surface area contributed by atoms with Gasteiger partial charge >= 0.3 is 0 Å². The Balaban J connectivity index is 3.18. The van der Waals surface area contributed by atoms with Crippen LogP contribution in [0.1, 0.15) is 6.92 Å². The van der Waals surface area contributed by atoms with Crippen molar-refractivity contribution in [3.63, 3.8) is 0 Å². The van der Waals surface area contributed by atoms with Gasteiger partial charge in [0.2, 0.25) is 9.05 Å². The Bertz CT molecular complexity index is 370. The van der Waals surface area contributed by atoms with Gasteiger partial charge in [-0.15, -0.1) is 0 Å². The van der Waals surface area contributed by atoms with E-state index >= 15 is 0 Å². The quantitative estimate of drug-likeness (QED) is 0.644. The number of halogens is 3. The molecule has 0 amide bonds. The zero-order valence-corrected chi connectivity index (χ0v) is 8.24. The first-order valence-corrected chi connectivity index (χ1v) is 5.80. The Morgan fingerprint density at radius 1 is 1.62 bits per heavy atom. The molecule has 0 spiro atoms. The zero-order chi connectivity index (χ0) is 10.3. The third-order valence-corrected chi connectivity index (χ3v) is 3.62. The molecular formula is C7H7ClF2O2S. The molecule has 0 saturated heterocycles. The largest absolute Gasteiger partial charge is 0.242 e. The second-order valence-corrected chi connectivity index (χ2v) is 5.62. The number of hydrogen-bond acceptors (Lipinski definition) is 2. The molecule has 0 aromatic heterocycles. The summed E-state index contributed by atoms with van der Waals surface area (Å²) < 4.78 is 48.0. The molecule has 0 heterocycles. The van der Waals surface area contributed by atoms with Crippen LogP contribution in [0, 0.1) is 0 Å². The van der Waals surface area contributed by atoms with Gasteiger partial charge < -0.3 is 0 Å². The first kappa shape index (κ1) is 10.7. The second-order valence-electron chi connectivity index (χ2n) is 2.87. The predicted molar refractivity (Wildman–Crippen MR) is 46.4 cm³/mol. The molecule has 2 atom stereocenters. The minimum absolute atomic E-state index is 0.840. The van der Waals surface area contributed by atoms with Crippen molar-refractivity contribution in [2.24, 2.45) is 0 Å². The van der Waals surface area contributed by atoms with Crippen molar-refractivity contribution < 1.29 is 17.2 Å². The van der Waals surface area contributed by atoms with Gasteiger partial charge in [-0.25, -0.2) is 17.2 Å². The Morgan fingerprint density at radius 3 is 2.54 bits per heavy atom. The second kappa shape index (κ2) is 3.06. The van der Waals surface area contributed by atoms with Gasteiger partial charge in [-0.1, -0.05) is 12.2 Å². The maximum Gasteiger partial charge on any atom is 0.242 e. The molecule has 1 rings (SSSR count). The Morgan fingerprint density at radius 2 is 2.15 bits per heavy atom. The van der Waals surface area contributed by atoms with Gasteiger partial charge in [-0.3, -0.25) is 0 Å². The van der Waals surface area contributed by atoms with E-state index in [-0.39, 0.29) is 0 Å². The van der Waals surface area contributed by atoms with E-state index in [1.165, 1.54) is 0 Å². The summed E-state index contributed by atoms with van der Waals surface area (Å²) >= 11 is 0. The maximum absolute atomic E-state index is 13.5. The fourth-order valence-corrected chi connectivity index (χ4v) is 2.68. The summed E-state index contributed by atoms with van der Waals surface area (Å²) in [6.07, 6.45) is 3.02. The van der Waals surface area contributed by atoms with E-state index in [0.717, 1.165) is 25.2 Å². The van der Waals surface area contributed by atoms with Crippen LogP contribution in [0.3, 0.4) is 0 Å². The van der Waals surface area contributed by atoms with Crippen molar-refractivity contribution in [1.82, 2.24) is 0 Å². The molecule has 1 aliphatic rings. The Hall–Kier alpha value is -0.420. The summed E-state index contributed by atoms with van der Waals surface area (Å²) in [5.74, 6) is -1.13. The molecule has 6 heteroatoms. The van der Waals surface area contributed by atoms with Gasteiger partial charge in [0, 0.05) is 10.7 Å². The van der Waals surface area contributed by atoms with Crippen LogP contribution >= 0.6 is 10.7 Å².